The van der Waals surface area contributed by atoms with Crippen LogP contribution in [-0.2, 0) is 16.1 Å². The number of anilines is 1. The minimum Gasteiger partial charge on any atom is -0.488 e. The van der Waals surface area contributed by atoms with Crippen LogP contribution in [0.15, 0.2) is 87.8 Å². The lowest BCUT2D eigenvalue weighted by molar-refractivity contribution is -0.139. The van der Waals surface area contributed by atoms with E-state index in [-0.39, 0.29) is 18.8 Å². The van der Waals surface area contributed by atoms with Crippen molar-refractivity contribution in [1.82, 2.24) is 4.57 Å². The van der Waals surface area contributed by atoms with Gasteiger partial charge in [0.2, 0.25) is 0 Å². The molecule has 42 heavy (non-hydrogen) atoms. The van der Waals surface area contributed by atoms with Crippen molar-refractivity contribution in [3.63, 3.8) is 0 Å². The van der Waals surface area contributed by atoms with E-state index in [1.54, 1.807) is 36.6 Å². The Balaban J connectivity index is 1.59. The van der Waals surface area contributed by atoms with E-state index in [0.717, 1.165) is 22.4 Å². The van der Waals surface area contributed by atoms with Crippen LogP contribution in [-0.4, -0.2) is 31.2 Å². The van der Waals surface area contributed by atoms with Gasteiger partial charge in [-0.15, -0.1) is 0 Å². The van der Waals surface area contributed by atoms with Crippen LogP contribution in [0.2, 0.25) is 10.0 Å². The fraction of sp³-hybridized carbons (Fsp3) is 0.219. The fourth-order valence-corrected chi connectivity index (χ4v) is 6.23. The van der Waals surface area contributed by atoms with Crippen LogP contribution in [0.3, 0.4) is 0 Å². The van der Waals surface area contributed by atoms with Crippen LogP contribution in [0.1, 0.15) is 36.6 Å². The van der Waals surface area contributed by atoms with Gasteiger partial charge in [-0.1, -0.05) is 70.9 Å². The summed E-state index contributed by atoms with van der Waals surface area (Å²) in [5, 5.41) is 1.06. The molecule has 1 aliphatic heterocycles. The minimum absolute atomic E-state index is 0.213. The number of carbonyl (C=O) groups is 1. The Morgan fingerprint density at radius 1 is 1.10 bits per heavy atom. The van der Waals surface area contributed by atoms with E-state index in [0.29, 0.717) is 36.4 Å². The topological polar surface area (TPSA) is 73.1 Å². The Hall–Kier alpha value is -3.85. The molecule has 0 aliphatic carbocycles. The molecule has 0 unspecified atom stereocenters. The quantitative estimate of drug-likeness (QED) is 0.234. The largest absolute Gasteiger partial charge is 0.488 e. The molecule has 0 saturated heterocycles. The zero-order valence-electron chi connectivity index (χ0n) is 23.6. The Morgan fingerprint density at radius 2 is 1.83 bits per heavy atom. The third-order valence-electron chi connectivity index (χ3n) is 6.85. The summed E-state index contributed by atoms with van der Waals surface area (Å²) in [7, 11) is 3.91. The number of aromatic nitrogens is 1. The first kappa shape index (κ1) is 29.6. The van der Waals surface area contributed by atoms with Gasteiger partial charge < -0.3 is 14.4 Å². The lowest BCUT2D eigenvalue weighted by Crippen LogP contribution is -2.40. The first-order chi connectivity index (χ1) is 20.2. The van der Waals surface area contributed by atoms with E-state index in [2.05, 4.69) is 4.99 Å². The molecule has 1 aromatic heterocycles. The molecule has 5 rings (SSSR count). The number of halogens is 2. The first-order valence-corrected chi connectivity index (χ1v) is 14.9. The number of para-hydroxylation sites is 1. The summed E-state index contributed by atoms with van der Waals surface area (Å²) in [5.74, 6) is 0.0999. The van der Waals surface area contributed by atoms with E-state index in [1.807, 2.05) is 73.6 Å². The van der Waals surface area contributed by atoms with Crippen molar-refractivity contribution >= 4 is 52.3 Å². The maximum Gasteiger partial charge on any atom is 0.338 e. The zero-order valence-corrected chi connectivity index (χ0v) is 25.9. The van der Waals surface area contributed by atoms with Crippen LogP contribution in [0, 0.1) is 0 Å². The lowest BCUT2D eigenvalue weighted by Gasteiger charge is -2.25. The van der Waals surface area contributed by atoms with E-state index < -0.39 is 12.0 Å². The minimum atomic E-state index is -0.683. The Bertz CT molecular complexity index is 1860. The number of nitrogens with zero attached hydrogens (tertiary/aromatic N) is 3. The van der Waals surface area contributed by atoms with Gasteiger partial charge >= 0.3 is 5.97 Å². The van der Waals surface area contributed by atoms with Crippen molar-refractivity contribution in [2.24, 2.45) is 4.99 Å². The average Bonchev–Trinajstić information content (AvgIpc) is 3.26. The number of benzene rings is 3. The zero-order chi connectivity index (χ0) is 30.0. The van der Waals surface area contributed by atoms with Crippen molar-refractivity contribution in [1.29, 1.82) is 0 Å². The highest BCUT2D eigenvalue weighted by Gasteiger charge is 2.33. The Labute approximate surface area is 257 Å². The van der Waals surface area contributed by atoms with Crippen molar-refractivity contribution in [2.45, 2.75) is 26.5 Å². The summed E-state index contributed by atoms with van der Waals surface area (Å²) >= 11 is 13.6. The predicted octanol–water partition coefficient (Wildman–Crippen LogP) is 5.75. The highest BCUT2D eigenvalue weighted by atomic mass is 35.5. The summed E-state index contributed by atoms with van der Waals surface area (Å²) in [6.45, 7) is 3.97. The van der Waals surface area contributed by atoms with Gasteiger partial charge in [0, 0.05) is 41.0 Å². The molecule has 3 aromatic carbocycles. The maximum absolute atomic E-state index is 14.0. The number of allylic oxidation sites excluding steroid dienone is 1. The molecule has 0 N–H and O–H groups in total. The molecule has 0 bridgehead atoms. The van der Waals surface area contributed by atoms with Crippen LogP contribution >= 0.6 is 34.5 Å². The van der Waals surface area contributed by atoms with Gasteiger partial charge in [0.15, 0.2) is 4.80 Å². The number of carbonyl (C=O) groups excluding carboxylic acids is 1. The van der Waals surface area contributed by atoms with Gasteiger partial charge in [0.1, 0.15) is 12.4 Å². The average molecular weight is 623 g/mol. The van der Waals surface area contributed by atoms with Gasteiger partial charge in [-0.2, -0.15) is 0 Å². The molecular weight excluding hydrogens is 593 g/mol. The highest BCUT2D eigenvalue weighted by molar-refractivity contribution is 7.07. The smallest absolute Gasteiger partial charge is 0.338 e. The summed E-state index contributed by atoms with van der Waals surface area (Å²) in [6.07, 6.45) is 1.79. The number of ether oxygens (including phenoxy) is 2. The van der Waals surface area contributed by atoms with Crippen LogP contribution < -0.4 is 24.5 Å². The molecule has 4 aromatic rings. The summed E-state index contributed by atoms with van der Waals surface area (Å²) < 4.78 is 13.6. The standard InChI is InChI=1S/C32H29Cl2N3O4S/c1-5-40-31(39)28-19(2)35-32-37(29(28)20-11-14-24(15-12-20)36(3)4)30(38)27(42-32)16-21-8-6-7-9-26(21)41-18-22-10-13-23(33)17-25(22)34/h6-17,29H,5,18H2,1-4H3/b27-16-/t29-/m1/s1. The molecule has 0 fully saturated rings. The molecule has 1 atom stereocenters. The van der Waals surface area contributed by atoms with Gasteiger partial charge in [-0.25, -0.2) is 9.79 Å². The Kier molecular flexibility index (Phi) is 8.87. The van der Waals surface area contributed by atoms with Crippen molar-refractivity contribution < 1.29 is 14.3 Å². The second-order valence-corrected chi connectivity index (χ2v) is 11.7. The normalized spacial score (nSPS) is 14.8. The van der Waals surface area contributed by atoms with Crippen LogP contribution in [0.5, 0.6) is 5.75 Å². The molecule has 0 amide bonds. The first-order valence-electron chi connectivity index (χ1n) is 13.3. The van der Waals surface area contributed by atoms with Gasteiger partial charge in [0.05, 0.1) is 28.5 Å². The predicted molar refractivity (Wildman–Crippen MR) is 168 cm³/mol. The number of hydrogen-bond donors (Lipinski definition) is 0. The number of thiazole rings is 1. The van der Waals surface area contributed by atoms with Crippen molar-refractivity contribution in [3.05, 3.63) is 124 Å². The molecule has 2 heterocycles. The molecule has 10 heteroatoms. The lowest BCUT2D eigenvalue weighted by atomic mass is 9.95. The third kappa shape index (κ3) is 6.02. The van der Waals surface area contributed by atoms with Crippen LogP contribution in [0.25, 0.3) is 6.08 Å². The van der Waals surface area contributed by atoms with Gasteiger partial charge in [-0.3, -0.25) is 9.36 Å². The maximum atomic E-state index is 14.0. The van der Waals surface area contributed by atoms with E-state index >= 15 is 0 Å². The summed E-state index contributed by atoms with van der Waals surface area (Å²) in [5.41, 5.74) is 3.91. The number of hydrogen-bond acceptors (Lipinski definition) is 7. The Morgan fingerprint density at radius 3 is 2.52 bits per heavy atom. The highest BCUT2D eigenvalue weighted by Crippen LogP contribution is 2.32. The van der Waals surface area contributed by atoms with Crippen molar-refractivity contribution in [2.75, 3.05) is 25.6 Å². The number of fused-ring (bicyclic) bond motifs is 1. The molecule has 0 radical (unpaired) electrons. The SMILES string of the molecule is CCOC(=O)C1=C(C)N=c2s/c(=C\c3ccccc3OCc3ccc(Cl)cc3Cl)c(=O)n2[C@@H]1c1ccc(N(C)C)cc1. The second kappa shape index (κ2) is 12.6. The third-order valence-corrected chi connectivity index (χ3v) is 8.42. The molecule has 216 valence electrons. The number of esters is 1. The second-order valence-electron chi connectivity index (χ2n) is 9.85. The fourth-order valence-electron chi connectivity index (χ4n) is 4.73. The van der Waals surface area contributed by atoms with Crippen molar-refractivity contribution in [3.8, 4) is 5.75 Å². The monoisotopic (exact) mass is 621 g/mol. The van der Waals surface area contributed by atoms with Gasteiger partial charge in [-0.05, 0) is 55.8 Å². The molecule has 0 saturated carbocycles. The molecule has 1 aliphatic rings. The molecular formula is C32H29Cl2N3O4S. The van der Waals surface area contributed by atoms with E-state index in [4.69, 9.17) is 32.7 Å². The summed E-state index contributed by atoms with van der Waals surface area (Å²) in [6, 6.07) is 19.8. The molecule has 0 spiro atoms. The van der Waals surface area contributed by atoms with Crippen LogP contribution in [0.4, 0.5) is 5.69 Å². The van der Waals surface area contributed by atoms with E-state index in [1.165, 1.54) is 11.3 Å². The summed E-state index contributed by atoms with van der Waals surface area (Å²) in [4.78, 5) is 34.3. The van der Waals surface area contributed by atoms with Gasteiger partial charge in [0.25, 0.3) is 5.56 Å². The number of rotatable bonds is 8. The molecule has 7 nitrogen and oxygen atoms in total. The van der Waals surface area contributed by atoms with E-state index in [9.17, 15) is 9.59 Å².